The second-order valence-electron chi connectivity index (χ2n) is 6.32. The van der Waals surface area contributed by atoms with Crippen LogP contribution >= 0.6 is 0 Å². The first kappa shape index (κ1) is 19.4. The van der Waals surface area contributed by atoms with Crippen LogP contribution in [0.5, 0.6) is 6.01 Å². The van der Waals surface area contributed by atoms with Gasteiger partial charge in [-0.3, -0.25) is 9.48 Å². The maximum atomic E-state index is 12.3. The second-order valence-corrected chi connectivity index (χ2v) is 6.32. The Morgan fingerprint density at radius 3 is 2.83 bits per heavy atom. The van der Waals surface area contributed by atoms with E-state index in [1.165, 1.54) is 23.1 Å². The van der Waals surface area contributed by atoms with E-state index in [1.807, 2.05) is 0 Å². The molecule has 0 bridgehead atoms. The predicted molar refractivity (Wildman–Crippen MR) is 99.8 cm³/mol. The molecule has 30 heavy (non-hydrogen) atoms. The molecule has 12 heteroatoms. The smallest absolute Gasteiger partial charge is 0.422 e. The Hall–Kier alpha value is -3.96. The zero-order valence-corrected chi connectivity index (χ0v) is 15.4. The van der Waals surface area contributed by atoms with E-state index >= 15 is 0 Å². The van der Waals surface area contributed by atoms with E-state index in [1.54, 1.807) is 31.6 Å². The van der Waals surface area contributed by atoms with Gasteiger partial charge < -0.3 is 15.0 Å². The Bertz CT molecular complexity index is 1220. The van der Waals surface area contributed by atoms with Crippen LogP contribution in [0, 0.1) is 0 Å². The Labute approximate surface area is 166 Å². The number of ether oxygens (including phenoxy) is 1. The quantitative estimate of drug-likeness (QED) is 0.517. The number of carbonyl (C=O) groups is 1. The lowest BCUT2D eigenvalue weighted by molar-refractivity contribution is -0.154. The van der Waals surface area contributed by atoms with Gasteiger partial charge >= 0.3 is 12.2 Å². The lowest BCUT2D eigenvalue weighted by Crippen LogP contribution is -2.20. The summed E-state index contributed by atoms with van der Waals surface area (Å²) in [6.45, 7) is -1.48. The number of aryl methyl sites for hydroxylation is 1. The van der Waals surface area contributed by atoms with Crippen LogP contribution in [0.15, 0.2) is 43.0 Å². The maximum absolute atomic E-state index is 12.3. The van der Waals surface area contributed by atoms with Crippen LogP contribution in [0.4, 0.5) is 19.0 Å². The molecular formula is C18H14F3N7O2. The van der Waals surface area contributed by atoms with E-state index in [2.05, 4.69) is 35.1 Å². The van der Waals surface area contributed by atoms with Crippen LogP contribution < -0.4 is 10.1 Å². The summed E-state index contributed by atoms with van der Waals surface area (Å²) >= 11 is 0. The second kappa shape index (κ2) is 7.46. The van der Waals surface area contributed by atoms with Crippen LogP contribution in [0.3, 0.4) is 0 Å². The number of fused-ring (bicyclic) bond motifs is 1. The number of hydrogen-bond acceptors (Lipinski definition) is 6. The Kier molecular flexibility index (Phi) is 4.82. The zero-order chi connectivity index (χ0) is 21.3. The van der Waals surface area contributed by atoms with Gasteiger partial charge in [-0.1, -0.05) is 0 Å². The minimum atomic E-state index is -4.48. The molecule has 1 amide bonds. The summed E-state index contributed by atoms with van der Waals surface area (Å²) in [6, 6.07) is 4.51. The third kappa shape index (κ3) is 4.37. The van der Waals surface area contributed by atoms with Gasteiger partial charge in [-0.2, -0.15) is 23.3 Å². The molecule has 0 aliphatic carbocycles. The highest BCUT2D eigenvalue weighted by atomic mass is 19.4. The Morgan fingerprint density at radius 1 is 1.27 bits per heavy atom. The summed E-state index contributed by atoms with van der Waals surface area (Å²) in [7, 11) is 1.70. The molecule has 4 aromatic rings. The number of aromatic nitrogens is 6. The number of carbonyl (C=O) groups excluding carboxylic acids is 1. The predicted octanol–water partition coefficient (Wildman–Crippen LogP) is 2.95. The van der Waals surface area contributed by atoms with Gasteiger partial charge in [-0.05, 0) is 12.1 Å². The van der Waals surface area contributed by atoms with Crippen molar-refractivity contribution in [2.75, 3.05) is 11.9 Å². The van der Waals surface area contributed by atoms with Gasteiger partial charge in [-0.25, -0.2) is 9.97 Å². The van der Waals surface area contributed by atoms with E-state index < -0.39 is 12.8 Å². The number of hydrogen-bond donors (Lipinski definition) is 2. The van der Waals surface area contributed by atoms with Gasteiger partial charge in [0.2, 0.25) is 0 Å². The van der Waals surface area contributed by atoms with Crippen molar-refractivity contribution in [3.05, 3.63) is 48.5 Å². The minimum Gasteiger partial charge on any atom is -0.454 e. The van der Waals surface area contributed by atoms with Crippen LogP contribution in [-0.4, -0.2) is 48.4 Å². The molecule has 0 aliphatic rings. The first-order valence-electron chi connectivity index (χ1n) is 8.58. The normalized spacial score (nSPS) is 11.6. The molecule has 4 heterocycles. The molecule has 2 N–H and O–H groups in total. The van der Waals surface area contributed by atoms with Gasteiger partial charge in [0.05, 0.1) is 28.7 Å². The SMILES string of the molecule is Cn1cc(C(=O)Nc2cc3[nH]c(-c4ccnc(OCC(F)(F)F)n4)cc3cn2)cn1. The Balaban J connectivity index is 1.54. The first-order chi connectivity index (χ1) is 14.3. The van der Waals surface area contributed by atoms with Crippen LogP contribution in [0.25, 0.3) is 22.3 Å². The van der Waals surface area contributed by atoms with E-state index in [9.17, 15) is 18.0 Å². The van der Waals surface area contributed by atoms with Crippen molar-refractivity contribution in [1.29, 1.82) is 0 Å². The first-order valence-corrected chi connectivity index (χ1v) is 8.58. The molecule has 9 nitrogen and oxygen atoms in total. The molecule has 0 radical (unpaired) electrons. The lowest BCUT2D eigenvalue weighted by Gasteiger charge is -2.07. The summed E-state index contributed by atoms with van der Waals surface area (Å²) in [5.74, 6) is -0.0365. The minimum absolute atomic E-state index is 0.321. The number of halogens is 3. The molecule has 0 spiro atoms. The van der Waals surface area contributed by atoms with Crippen LogP contribution in [0.1, 0.15) is 10.4 Å². The van der Waals surface area contributed by atoms with Crippen molar-refractivity contribution in [2.24, 2.45) is 7.05 Å². The lowest BCUT2D eigenvalue weighted by atomic mass is 10.2. The van der Waals surface area contributed by atoms with Crippen molar-refractivity contribution in [2.45, 2.75) is 6.18 Å². The van der Waals surface area contributed by atoms with Crippen molar-refractivity contribution >= 4 is 22.6 Å². The molecule has 0 saturated heterocycles. The van der Waals surface area contributed by atoms with E-state index in [0.717, 1.165) is 5.39 Å². The molecule has 0 atom stereocenters. The molecular weight excluding hydrogens is 403 g/mol. The fourth-order valence-electron chi connectivity index (χ4n) is 2.67. The maximum Gasteiger partial charge on any atom is 0.422 e. The number of aromatic amines is 1. The third-order valence-electron chi connectivity index (χ3n) is 3.99. The summed E-state index contributed by atoms with van der Waals surface area (Å²) < 4.78 is 43.0. The summed E-state index contributed by atoms with van der Waals surface area (Å²) in [5.41, 5.74) is 1.91. The van der Waals surface area contributed by atoms with Gasteiger partial charge in [0, 0.05) is 37.1 Å². The largest absolute Gasteiger partial charge is 0.454 e. The monoisotopic (exact) mass is 417 g/mol. The summed E-state index contributed by atoms with van der Waals surface area (Å²) in [6.07, 6.45) is 1.39. The fourth-order valence-corrected chi connectivity index (χ4v) is 2.67. The van der Waals surface area contributed by atoms with Crippen LogP contribution in [-0.2, 0) is 7.05 Å². The Morgan fingerprint density at radius 2 is 2.10 bits per heavy atom. The number of alkyl halides is 3. The highest BCUT2D eigenvalue weighted by Crippen LogP contribution is 2.25. The van der Waals surface area contributed by atoms with E-state index in [0.29, 0.717) is 28.3 Å². The molecule has 154 valence electrons. The molecule has 4 rings (SSSR count). The molecule has 0 aliphatic heterocycles. The third-order valence-corrected chi connectivity index (χ3v) is 3.99. The summed E-state index contributed by atoms with van der Waals surface area (Å²) in [5, 5.41) is 7.34. The molecule has 0 unspecified atom stereocenters. The number of pyridine rings is 1. The fraction of sp³-hybridized carbons (Fsp3) is 0.167. The van der Waals surface area contributed by atoms with Crippen molar-refractivity contribution < 1.29 is 22.7 Å². The van der Waals surface area contributed by atoms with Gasteiger partial charge in [0.25, 0.3) is 5.91 Å². The highest BCUT2D eigenvalue weighted by molar-refractivity contribution is 6.04. The topological polar surface area (TPSA) is 111 Å². The number of anilines is 1. The van der Waals surface area contributed by atoms with Crippen molar-refractivity contribution in [3.8, 4) is 17.4 Å². The number of rotatable bonds is 5. The average molecular weight is 417 g/mol. The molecule has 0 fully saturated rings. The van der Waals surface area contributed by atoms with Crippen LogP contribution in [0.2, 0.25) is 0 Å². The van der Waals surface area contributed by atoms with Crippen molar-refractivity contribution in [3.63, 3.8) is 0 Å². The number of amides is 1. The molecule has 4 aromatic heterocycles. The van der Waals surface area contributed by atoms with Gasteiger partial charge in [-0.15, -0.1) is 0 Å². The van der Waals surface area contributed by atoms with Gasteiger partial charge in [0.15, 0.2) is 6.61 Å². The number of H-pyrrole nitrogens is 1. The summed E-state index contributed by atoms with van der Waals surface area (Å²) in [4.78, 5) is 27.2. The van der Waals surface area contributed by atoms with Gasteiger partial charge in [0.1, 0.15) is 5.82 Å². The average Bonchev–Trinajstić information content (AvgIpc) is 3.32. The van der Waals surface area contributed by atoms with Crippen molar-refractivity contribution in [1.82, 2.24) is 29.7 Å². The van der Waals surface area contributed by atoms with E-state index in [4.69, 9.17) is 0 Å². The zero-order valence-electron chi connectivity index (χ0n) is 15.4. The highest BCUT2D eigenvalue weighted by Gasteiger charge is 2.29. The number of nitrogens with zero attached hydrogens (tertiary/aromatic N) is 5. The molecule has 0 saturated carbocycles. The number of nitrogens with one attached hydrogen (secondary N) is 2. The standard InChI is InChI=1S/C18H14F3N7O2/c1-28-8-11(7-24-28)16(29)27-15-5-13-10(6-23-15)4-14(25-13)12-2-3-22-17(26-12)30-9-18(19,20)21/h2-8,25H,9H2,1H3,(H,23,27,29). The van der Waals surface area contributed by atoms with E-state index in [-0.39, 0.29) is 11.9 Å². The molecule has 0 aromatic carbocycles.